The zero-order valence-electron chi connectivity index (χ0n) is 12.9. The number of hydrogen-bond donors (Lipinski definition) is 1. The van der Waals surface area contributed by atoms with Gasteiger partial charge < -0.3 is 15.0 Å². The molecule has 1 unspecified atom stereocenters. The van der Waals surface area contributed by atoms with Gasteiger partial charge in [0, 0.05) is 32.1 Å². The van der Waals surface area contributed by atoms with Gasteiger partial charge in [-0.3, -0.25) is 4.79 Å². The first-order chi connectivity index (χ1) is 10.0. The number of amides is 1. The van der Waals surface area contributed by atoms with Crippen LogP contribution < -0.4 is 10.1 Å². The van der Waals surface area contributed by atoms with Gasteiger partial charge in [-0.1, -0.05) is 6.07 Å². The van der Waals surface area contributed by atoms with Crippen molar-refractivity contribution in [1.82, 2.24) is 10.2 Å². The summed E-state index contributed by atoms with van der Waals surface area (Å²) in [6, 6.07) is 6.92. The summed E-state index contributed by atoms with van der Waals surface area (Å²) in [5, 5.41) is 3.66. The molecule has 5 heteroatoms. The molecule has 1 aromatic carbocycles. The number of rotatable bonds is 4. The van der Waals surface area contributed by atoms with E-state index in [1.807, 2.05) is 11.0 Å². The predicted octanol–water partition coefficient (Wildman–Crippen LogP) is 3.12. The topological polar surface area (TPSA) is 41.6 Å². The molecule has 4 nitrogen and oxygen atoms in total. The Labute approximate surface area is 135 Å². The van der Waals surface area contributed by atoms with E-state index >= 15 is 0 Å². The van der Waals surface area contributed by atoms with Gasteiger partial charge in [-0.25, -0.2) is 0 Å². The van der Waals surface area contributed by atoms with Crippen molar-refractivity contribution in [1.29, 1.82) is 0 Å². The number of methoxy groups -OCH3 is 1. The number of nitrogens with zero attached hydrogens (tertiary/aromatic N) is 1. The lowest BCUT2D eigenvalue weighted by Gasteiger charge is -2.33. The molecule has 0 aliphatic carbocycles. The smallest absolute Gasteiger partial charge is 0.219 e. The Balaban J connectivity index is 1.91. The lowest BCUT2D eigenvalue weighted by atomic mass is 10.0. The van der Waals surface area contributed by atoms with E-state index in [4.69, 9.17) is 4.74 Å². The lowest BCUT2D eigenvalue weighted by Crippen LogP contribution is -2.44. The standard InChI is InChI=1S/C16H23BrN2O2/c1-11(13-4-5-16(21-3)15(17)10-13)18-14-6-8-19(9-7-14)12(2)20/h4-5,10-11,14,18H,6-9H2,1-3H3. The minimum Gasteiger partial charge on any atom is -0.496 e. The molecule has 1 atom stereocenters. The van der Waals surface area contributed by atoms with Gasteiger partial charge in [0.2, 0.25) is 5.91 Å². The largest absolute Gasteiger partial charge is 0.496 e. The fourth-order valence-electron chi connectivity index (χ4n) is 2.76. The molecule has 0 spiro atoms. The molecule has 2 rings (SSSR count). The average Bonchev–Trinajstić information content (AvgIpc) is 2.47. The second-order valence-electron chi connectivity index (χ2n) is 5.56. The number of piperidine rings is 1. The molecule has 1 amide bonds. The monoisotopic (exact) mass is 354 g/mol. The molecule has 0 aromatic heterocycles. The minimum absolute atomic E-state index is 0.181. The number of carbonyl (C=O) groups excluding carboxylic acids is 1. The number of likely N-dealkylation sites (tertiary alicyclic amines) is 1. The molecule has 1 heterocycles. The third kappa shape index (κ3) is 4.20. The SMILES string of the molecule is COc1ccc(C(C)NC2CCN(C(C)=O)CC2)cc1Br. The maximum Gasteiger partial charge on any atom is 0.219 e. The molecule has 1 aliphatic heterocycles. The molecule has 1 aromatic rings. The number of nitrogens with one attached hydrogen (secondary N) is 1. The van der Waals surface area contributed by atoms with E-state index in [0.29, 0.717) is 6.04 Å². The molecule has 0 saturated carbocycles. The molecule has 1 saturated heterocycles. The summed E-state index contributed by atoms with van der Waals surface area (Å²) in [6.07, 6.45) is 2.03. The number of ether oxygens (including phenoxy) is 1. The molecule has 1 fully saturated rings. The fourth-order valence-corrected chi connectivity index (χ4v) is 3.32. The summed E-state index contributed by atoms with van der Waals surface area (Å²) >= 11 is 3.53. The van der Waals surface area contributed by atoms with Crippen LogP contribution in [0, 0.1) is 0 Å². The third-order valence-electron chi connectivity index (χ3n) is 4.10. The Morgan fingerprint density at radius 2 is 2.10 bits per heavy atom. The van der Waals surface area contributed by atoms with Gasteiger partial charge in [-0.2, -0.15) is 0 Å². The summed E-state index contributed by atoms with van der Waals surface area (Å²) in [4.78, 5) is 13.3. The van der Waals surface area contributed by atoms with Gasteiger partial charge in [0.25, 0.3) is 0 Å². The molecule has 0 radical (unpaired) electrons. The molecule has 1 N–H and O–H groups in total. The summed E-state index contributed by atoms with van der Waals surface area (Å²) in [6.45, 7) is 5.52. The summed E-state index contributed by atoms with van der Waals surface area (Å²) in [5.74, 6) is 1.03. The van der Waals surface area contributed by atoms with Crippen molar-refractivity contribution in [3.8, 4) is 5.75 Å². The van der Waals surface area contributed by atoms with Crippen molar-refractivity contribution < 1.29 is 9.53 Å². The summed E-state index contributed by atoms with van der Waals surface area (Å²) in [5.41, 5.74) is 1.23. The minimum atomic E-state index is 0.181. The second kappa shape index (κ2) is 7.27. The van der Waals surface area contributed by atoms with E-state index in [1.165, 1.54) is 5.56 Å². The zero-order chi connectivity index (χ0) is 15.4. The Hall–Kier alpha value is -1.07. The van der Waals surface area contributed by atoms with E-state index in [-0.39, 0.29) is 11.9 Å². The van der Waals surface area contributed by atoms with Gasteiger partial charge in [0.15, 0.2) is 0 Å². The van der Waals surface area contributed by atoms with Crippen LogP contribution in [0.1, 0.15) is 38.3 Å². The molecule has 0 bridgehead atoms. The highest BCUT2D eigenvalue weighted by molar-refractivity contribution is 9.10. The third-order valence-corrected chi connectivity index (χ3v) is 4.72. The van der Waals surface area contributed by atoms with E-state index in [2.05, 4.69) is 40.3 Å². The van der Waals surface area contributed by atoms with Crippen molar-refractivity contribution in [3.05, 3.63) is 28.2 Å². The van der Waals surface area contributed by atoms with Gasteiger partial charge in [-0.05, 0) is 53.4 Å². The van der Waals surface area contributed by atoms with Crippen LogP contribution in [0.5, 0.6) is 5.75 Å². The lowest BCUT2D eigenvalue weighted by molar-refractivity contribution is -0.129. The van der Waals surface area contributed by atoms with Crippen LogP contribution in [0.4, 0.5) is 0 Å². The Kier molecular flexibility index (Phi) is 5.65. The highest BCUT2D eigenvalue weighted by Crippen LogP contribution is 2.28. The highest BCUT2D eigenvalue weighted by Gasteiger charge is 2.22. The first-order valence-electron chi connectivity index (χ1n) is 7.36. The Morgan fingerprint density at radius 3 is 2.62 bits per heavy atom. The Morgan fingerprint density at radius 1 is 1.43 bits per heavy atom. The Bertz CT molecular complexity index is 499. The quantitative estimate of drug-likeness (QED) is 0.902. The first kappa shape index (κ1) is 16.3. The average molecular weight is 355 g/mol. The van der Waals surface area contributed by atoms with Crippen LogP contribution in [0.25, 0.3) is 0 Å². The molecular formula is C16H23BrN2O2. The normalized spacial score (nSPS) is 17.6. The highest BCUT2D eigenvalue weighted by atomic mass is 79.9. The molecule has 116 valence electrons. The maximum atomic E-state index is 11.3. The van der Waals surface area contributed by atoms with Crippen LogP contribution in [0.3, 0.4) is 0 Å². The first-order valence-corrected chi connectivity index (χ1v) is 8.15. The second-order valence-corrected chi connectivity index (χ2v) is 6.42. The van der Waals surface area contributed by atoms with Crippen molar-refractivity contribution >= 4 is 21.8 Å². The summed E-state index contributed by atoms with van der Waals surface area (Å²) in [7, 11) is 1.67. The van der Waals surface area contributed by atoms with Gasteiger partial charge in [-0.15, -0.1) is 0 Å². The zero-order valence-corrected chi connectivity index (χ0v) is 14.4. The molecule has 1 aliphatic rings. The molecule has 21 heavy (non-hydrogen) atoms. The summed E-state index contributed by atoms with van der Waals surface area (Å²) < 4.78 is 6.23. The van der Waals surface area contributed by atoms with Crippen LogP contribution in [-0.4, -0.2) is 37.0 Å². The number of hydrogen-bond acceptors (Lipinski definition) is 3. The van der Waals surface area contributed by atoms with E-state index in [0.717, 1.165) is 36.2 Å². The molecular weight excluding hydrogens is 332 g/mol. The maximum absolute atomic E-state index is 11.3. The predicted molar refractivity (Wildman–Crippen MR) is 87.5 cm³/mol. The van der Waals surface area contributed by atoms with Gasteiger partial charge in [0.1, 0.15) is 5.75 Å². The fraction of sp³-hybridized carbons (Fsp3) is 0.562. The van der Waals surface area contributed by atoms with Crippen LogP contribution in [-0.2, 0) is 4.79 Å². The van der Waals surface area contributed by atoms with Crippen LogP contribution in [0.15, 0.2) is 22.7 Å². The number of carbonyl (C=O) groups is 1. The van der Waals surface area contributed by atoms with E-state index in [9.17, 15) is 4.79 Å². The van der Waals surface area contributed by atoms with E-state index in [1.54, 1.807) is 14.0 Å². The van der Waals surface area contributed by atoms with Crippen LogP contribution in [0.2, 0.25) is 0 Å². The van der Waals surface area contributed by atoms with Crippen molar-refractivity contribution in [2.45, 2.75) is 38.8 Å². The van der Waals surface area contributed by atoms with Crippen molar-refractivity contribution in [3.63, 3.8) is 0 Å². The number of halogens is 1. The van der Waals surface area contributed by atoms with Gasteiger partial charge >= 0.3 is 0 Å². The van der Waals surface area contributed by atoms with Crippen LogP contribution >= 0.6 is 15.9 Å². The van der Waals surface area contributed by atoms with Crippen molar-refractivity contribution in [2.75, 3.05) is 20.2 Å². The number of benzene rings is 1. The van der Waals surface area contributed by atoms with Crippen molar-refractivity contribution in [2.24, 2.45) is 0 Å². The van der Waals surface area contributed by atoms with E-state index < -0.39 is 0 Å². The van der Waals surface area contributed by atoms with Gasteiger partial charge in [0.05, 0.1) is 11.6 Å².